The molecule has 148 valence electrons. The number of amides is 1. The van der Waals surface area contributed by atoms with Crippen molar-refractivity contribution in [2.45, 2.75) is 37.9 Å². The molecular formula is C21H16F3N3OS. The molecule has 2 aliphatic rings. The SMILES string of the molecule is [C-]#[N+]c1ccc(N2C(=O)C3(CCC3)N(c3ccccc3C)C2=S)cc1C(F)(F)F. The molecular weight excluding hydrogens is 399 g/mol. The van der Waals surface area contributed by atoms with E-state index in [9.17, 15) is 18.0 Å². The molecule has 0 atom stereocenters. The van der Waals surface area contributed by atoms with Crippen LogP contribution in [-0.2, 0) is 11.0 Å². The molecule has 0 N–H and O–H groups in total. The number of halogens is 3. The third kappa shape index (κ3) is 2.80. The zero-order chi connectivity index (χ0) is 21.0. The molecule has 1 saturated carbocycles. The van der Waals surface area contributed by atoms with Crippen molar-refractivity contribution in [2.24, 2.45) is 0 Å². The predicted molar refractivity (Wildman–Crippen MR) is 108 cm³/mol. The second-order valence-electron chi connectivity index (χ2n) is 7.24. The summed E-state index contributed by atoms with van der Waals surface area (Å²) in [6, 6.07) is 10.8. The topological polar surface area (TPSA) is 27.9 Å². The van der Waals surface area contributed by atoms with Crippen molar-refractivity contribution in [2.75, 3.05) is 9.80 Å². The van der Waals surface area contributed by atoms with E-state index >= 15 is 0 Å². The van der Waals surface area contributed by atoms with E-state index in [1.807, 2.05) is 31.2 Å². The van der Waals surface area contributed by atoms with E-state index in [0.717, 1.165) is 29.8 Å². The first-order chi connectivity index (χ1) is 13.7. The summed E-state index contributed by atoms with van der Waals surface area (Å²) < 4.78 is 40.3. The van der Waals surface area contributed by atoms with Gasteiger partial charge in [-0.3, -0.25) is 9.69 Å². The molecule has 0 unspecified atom stereocenters. The van der Waals surface area contributed by atoms with Gasteiger partial charge in [0.05, 0.1) is 12.1 Å². The van der Waals surface area contributed by atoms with Crippen LogP contribution in [-0.4, -0.2) is 16.6 Å². The Morgan fingerprint density at radius 1 is 1.17 bits per heavy atom. The lowest BCUT2D eigenvalue weighted by Gasteiger charge is -2.43. The quantitative estimate of drug-likeness (QED) is 0.470. The Labute approximate surface area is 171 Å². The average molecular weight is 415 g/mol. The van der Waals surface area contributed by atoms with Gasteiger partial charge in [-0.05, 0) is 62.2 Å². The largest absolute Gasteiger partial charge is 0.407 e. The molecule has 0 radical (unpaired) electrons. The maximum Gasteiger partial charge on any atom is 0.407 e. The Kier molecular flexibility index (Phi) is 4.39. The Hall–Kier alpha value is -2.92. The van der Waals surface area contributed by atoms with Crippen molar-refractivity contribution in [3.63, 3.8) is 0 Å². The molecule has 4 rings (SSSR count). The monoisotopic (exact) mass is 415 g/mol. The van der Waals surface area contributed by atoms with Crippen LogP contribution in [0.15, 0.2) is 42.5 Å². The van der Waals surface area contributed by atoms with Crippen LogP contribution in [0.5, 0.6) is 0 Å². The van der Waals surface area contributed by atoms with E-state index in [4.69, 9.17) is 18.8 Å². The summed E-state index contributed by atoms with van der Waals surface area (Å²) in [5, 5.41) is 0.160. The molecule has 1 heterocycles. The number of hydrogen-bond donors (Lipinski definition) is 0. The van der Waals surface area contributed by atoms with Crippen LogP contribution >= 0.6 is 12.2 Å². The van der Waals surface area contributed by atoms with E-state index in [1.165, 1.54) is 11.0 Å². The zero-order valence-corrected chi connectivity index (χ0v) is 16.3. The minimum atomic E-state index is -4.70. The van der Waals surface area contributed by atoms with E-state index in [1.54, 1.807) is 4.90 Å². The van der Waals surface area contributed by atoms with Gasteiger partial charge in [0.1, 0.15) is 5.54 Å². The normalized spacial score (nSPS) is 18.2. The number of anilines is 2. The number of benzene rings is 2. The lowest BCUT2D eigenvalue weighted by molar-refractivity contribution is -0.136. The highest BCUT2D eigenvalue weighted by atomic mass is 32.1. The molecule has 0 aromatic heterocycles. The number of alkyl halides is 3. The zero-order valence-electron chi connectivity index (χ0n) is 15.5. The van der Waals surface area contributed by atoms with Crippen molar-refractivity contribution in [3.8, 4) is 0 Å². The molecule has 4 nitrogen and oxygen atoms in total. The predicted octanol–water partition coefficient (Wildman–Crippen LogP) is 5.63. The summed E-state index contributed by atoms with van der Waals surface area (Å²) in [5.74, 6) is -0.319. The van der Waals surface area contributed by atoms with Gasteiger partial charge in [-0.25, -0.2) is 4.85 Å². The first kappa shape index (κ1) is 19.4. The van der Waals surface area contributed by atoms with Crippen molar-refractivity contribution in [1.29, 1.82) is 0 Å². The molecule has 29 heavy (non-hydrogen) atoms. The molecule has 1 spiro atoms. The van der Waals surface area contributed by atoms with Gasteiger partial charge in [-0.2, -0.15) is 13.2 Å². The first-order valence-corrected chi connectivity index (χ1v) is 9.44. The number of nitrogens with zero attached hydrogens (tertiary/aromatic N) is 3. The van der Waals surface area contributed by atoms with Crippen molar-refractivity contribution in [1.82, 2.24) is 0 Å². The summed E-state index contributed by atoms with van der Waals surface area (Å²) in [7, 11) is 0. The van der Waals surface area contributed by atoms with Gasteiger partial charge >= 0.3 is 6.18 Å². The Morgan fingerprint density at radius 2 is 1.86 bits per heavy atom. The third-order valence-electron chi connectivity index (χ3n) is 5.61. The van der Waals surface area contributed by atoms with Gasteiger partial charge in [0.15, 0.2) is 10.8 Å². The summed E-state index contributed by atoms with van der Waals surface area (Å²) in [5.41, 5.74) is -0.704. The molecule has 2 aromatic carbocycles. The molecule has 2 aromatic rings. The van der Waals surface area contributed by atoms with E-state index in [2.05, 4.69) is 4.85 Å². The summed E-state index contributed by atoms with van der Waals surface area (Å²) in [4.78, 5) is 19.3. The number of rotatable bonds is 2. The second kappa shape index (κ2) is 6.56. The van der Waals surface area contributed by atoms with Gasteiger partial charge in [0.2, 0.25) is 0 Å². The van der Waals surface area contributed by atoms with Crippen LogP contribution in [0.4, 0.5) is 30.2 Å². The van der Waals surface area contributed by atoms with Gasteiger partial charge < -0.3 is 4.90 Å². The van der Waals surface area contributed by atoms with Gasteiger partial charge in [0.25, 0.3) is 5.91 Å². The molecule has 1 amide bonds. The van der Waals surface area contributed by atoms with E-state index < -0.39 is 23.0 Å². The van der Waals surface area contributed by atoms with Gasteiger partial charge in [-0.15, -0.1) is 0 Å². The highest BCUT2D eigenvalue weighted by Gasteiger charge is 2.59. The van der Waals surface area contributed by atoms with Crippen LogP contribution in [0.25, 0.3) is 4.85 Å². The Morgan fingerprint density at radius 3 is 2.41 bits per heavy atom. The lowest BCUT2D eigenvalue weighted by Crippen LogP contribution is -2.55. The number of para-hydroxylation sites is 1. The minimum absolute atomic E-state index is 0.0297. The average Bonchev–Trinajstić information content (AvgIpc) is 2.88. The summed E-state index contributed by atoms with van der Waals surface area (Å²) >= 11 is 5.60. The molecule has 1 aliphatic carbocycles. The van der Waals surface area contributed by atoms with Crippen LogP contribution < -0.4 is 9.80 Å². The van der Waals surface area contributed by atoms with Crippen LogP contribution in [0.1, 0.15) is 30.4 Å². The number of aryl methyl sites for hydroxylation is 1. The van der Waals surface area contributed by atoms with Crippen LogP contribution in [0.2, 0.25) is 0 Å². The van der Waals surface area contributed by atoms with Crippen LogP contribution in [0, 0.1) is 13.5 Å². The maximum absolute atomic E-state index is 13.4. The van der Waals surface area contributed by atoms with Crippen molar-refractivity contribution in [3.05, 3.63) is 65.0 Å². The van der Waals surface area contributed by atoms with E-state index in [0.29, 0.717) is 12.8 Å². The van der Waals surface area contributed by atoms with Crippen molar-refractivity contribution < 1.29 is 18.0 Å². The standard InChI is InChI=1S/C21H16F3N3OS/c1-13-6-3-4-7-17(13)27-19(29)26(18(28)20(27)10-5-11-20)14-8-9-16(25-2)15(12-14)21(22,23)24/h3-4,6-9,12H,5,10-11H2,1H3. The molecule has 8 heteroatoms. The summed E-state index contributed by atoms with van der Waals surface area (Å²) in [6.45, 7) is 8.91. The van der Waals surface area contributed by atoms with E-state index in [-0.39, 0.29) is 16.7 Å². The third-order valence-corrected chi connectivity index (χ3v) is 5.98. The van der Waals surface area contributed by atoms with Gasteiger partial charge in [0, 0.05) is 11.4 Å². The fourth-order valence-electron chi connectivity index (χ4n) is 3.99. The van der Waals surface area contributed by atoms with Crippen molar-refractivity contribution >= 4 is 40.3 Å². The number of carbonyl (C=O) groups excluding carboxylic acids is 1. The molecule has 1 saturated heterocycles. The number of thiocarbonyl (C=S) groups is 1. The smallest absolute Gasteiger partial charge is 0.303 e. The highest BCUT2D eigenvalue weighted by molar-refractivity contribution is 7.81. The van der Waals surface area contributed by atoms with Crippen LogP contribution in [0.3, 0.4) is 0 Å². The number of hydrogen-bond acceptors (Lipinski definition) is 2. The fraction of sp³-hybridized carbons (Fsp3) is 0.286. The fourth-order valence-corrected chi connectivity index (χ4v) is 4.45. The highest BCUT2D eigenvalue weighted by Crippen LogP contribution is 2.49. The summed E-state index contributed by atoms with van der Waals surface area (Å²) in [6.07, 6.45) is -2.69. The lowest BCUT2D eigenvalue weighted by atomic mass is 9.75. The second-order valence-corrected chi connectivity index (χ2v) is 7.61. The Balaban J connectivity index is 1.85. The molecule has 2 fully saturated rings. The van der Waals surface area contributed by atoms with Gasteiger partial charge in [-0.1, -0.05) is 24.3 Å². The first-order valence-electron chi connectivity index (χ1n) is 9.04. The number of carbonyl (C=O) groups is 1. The molecule has 0 bridgehead atoms. The maximum atomic E-state index is 13.4. The molecule has 1 aliphatic heterocycles. The Bertz CT molecular complexity index is 1070. The minimum Gasteiger partial charge on any atom is -0.303 e.